The van der Waals surface area contributed by atoms with Crippen molar-refractivity contribution in [2.75, 3.05) is 23.9 Å². The van der Waals surface area contributed by atoms with Crippen LogP contribution in [0.2, 0.25) is 5.02 Å². The second kappa shape index (κ2) is 7.46. The van der Waals surface area contributed by atoms with Gasteiger partial charge in [0, 0.05) is 24.0 Å². The second-order valence-corrected chi connectivity index (χ2v) is 5.66. The van der Waals surface area contributed by atoms with Crippen LogP contribution in [0, 0.1) is 0 Å². The molecule has 0 saturated carbocycles. The lowest BCUT2D eigenvalue weighted by Gasteiger charge is -2.12. The lowest BCUT2D eigenvalue weighted by Crippen LogP contribution is -2.06. The van der Waals surface area contributed by atoms with Gasteiger partial charge in [-0.2, -0.15) is 16.9 Å². The number of aromatic nitrogens is 2. The predicted octanol–water partition coefficient (Wildman–Crippen LogP) is 4.08. The van der Waals surface area contributed by atoms with Crippen molar-refractivity contribution in [2.24, 2.45) is 0 Å². The Morgan fingerprint density at radius 2 is 2.26 bits per heavy atom. The Morgan fingerprint density at radius 1 is 1.37 bits per heavy atom. The van der Waals surface area contributed by atoms with E-state index in [1.165, 1.54) is 12.2 Å². The summed E-state index contributed by atoms with van der Waals surface area (Å²) >= 11 is 7.96. The van der Waals surface area contributed by atoms with E-state index >= 15 is 0 Å². The molecule has 0 unspecified atom stereocenters. The van der Waals surface area contributed by atoms with Crippen LogP contribution < -0.4 is 5.32 Å². The molecular formula is C14H18ClN3S. The molecule has 0 bridgehead atoms. The van der Waals surface area contributed by atoms with Gasteiger partial charge >= 0.3 is 0 Å². The van der Waals surface area contributed by atoms with Crippen molar-refractivity contribution in [3.8, 4) is 5.69 Å². The Bertz CT molecular complexity index is 499. The van der Waals surface area contributed by atoms with Crippen molar-refractivity contribution >= 4 is 29.1 Å². The molecule has 0 saturated heterocycles. The van der Waals surface area contributed by atoms with E-state index < -0.39 is 0 Å². The third kappa shape index (κ3) is 4.18. The third-order valence-electron chi connectivity index (χ3n) is 2.80. The Morgan fingerprint density at radius 3 is 3.00 bits per heavy atom. The smallest absolute Gasteiger partial charge is 0.0877 e. The van der Waals surface area contributed by atoms with Gasteiger partial charge in [0.2, 0.25) is 0 Å². The summed E-state index contributed by atoms with van der Waals surface area (Å²) in [6, 6.07) is 7.74. The summed E-state index contributed by atoms with van der Waals surface area (Å²) in [7, 11) is 0. The first-order chi connectivity index (χ1) is 9.31. The summed E-state index contributed by atoms with van der Waals surface area (Å²) in [6.07, 6.45) is 8.23. The molecule has 1 N–H and O–H groups in total. The molecular weight excluding hydrogens is 278 g/mol. The number of thioether (sulfide) groups is 1. The van der Waals surface area contributed by atoms with Crippen LogP contribution in [0.5, 0.6) is 0 Å². The van der Waals surface area contributed by atoms with Gasteiger partial charge in [-0.15, -0.1) is 0 Å². The van der Waals surface area contributed by atoms with Crippen LogP contribution in [-0.2, 0) is 0 Å². The van der Waals surface area contributed by atoms with E-state index in [2.05, 4.69) is 16.7 Å². The molecule has 3 nitrogen and oxygen atoms in total. The molecule has 1 heterocycles. The monoisotopic (exact) mass is 295 g/mol. The summed E-state index contributed by atoms with van der Waals surface area (Å²) in [6.45, 7) is 0.954. The number of hydrogen-bond donors (Lipinski definition) is 1. The van der Waals surface area contributed by atoms with Crippen LogP contribution in [0.4, 0.5) is 5.69 Å². The van der Waals surface area contributed by atoms with Crippen LogP contribution in [0.25, 0.3) is 5.69 Å². The number of benzene rings is 1. The molecule has 0 radical (unpaired) electrons. The predicted molar refractivity (Wildman–Crippen MR) is 84.7 cm³/mol. The SMILES string of the molecule is CSCCCCNc1cc(Cl)ccc1-n1cccn1. The largest absolute Gasteiger partial charge is 0.383 e. The number of nitrogens with one attached hydrogen (secondary N) is 1. The highest BCUT2D eigenvalue weighted by Crippen LogP contribution is 2.24. The first kappa shape index (κ1) is 14.3. The summed E-state index contributed by atoms with van der Waals surface area (Å²) in [5.41, 5.74) is 2.06. The van der Waals surface area contributed by atoms with Gasteiger partial charge in [-0.1, -0.05) is 11.6 Å². The van der Waals surface area contributed by atoms with Gasteiger partial charge in [-0.05, 0) is 49.1 Å². The Hall–Kier alpha value is -1.13. The normalized spacial score (nSPS) is 10.6. The number of anilines is 1. The maximum absolute atomic E-state index is 6.07. The molecule has 0 aliphatic carbocycles. The van der Waals surface area contributed by atoms with E-state index in [0.29, 0.717) is 0 Å². The van der Waals surface area contributed by atoms with Gasteiger partial charge in [-0.25, -0.2) is 4.68 Å². The summed E-state index contributed by atoms with van der Waals surface area (Å²) in [5, 5.41) is 8.45. The van der Waals surface area contributed by atoms with Crippen LogP contribution >= 0.6 is 23.4 Å². The number of hydrogen-bond acceptors (Lipinski definition) is 3. The summed E-state index contributed by atoms with van der Waals surface area (Å²) < 4.78 is 1.85. The summed E-state index contributed by atoms with van der Waals surface area (Å²) in [4.78, 5) is 0. The molecule has 0 atom stereocenters. The van der Waals surface area contributed by atoms with Crippen molar-refractivity contribution in [3.05, 3.63) is 41.7 Å². The van der Waals surface area contributed by atoms with Crippen molar-refractivity contribution < 1.29 is 0 Å². The van der Waals surface area contributed by atoms with Crippen molar-refractivity contribution in [1.29, 1.82) is 0 Å². The zero-order valence-corrected chi connectivity index (χ0v) is 12.5. The van der Waals surface area contributed by atoms with Gasteiger partial charge in [-0.3, -0.25) is 0 Å². The van der Waals surface area contributed by atoms with Crippen molar-refractivity contribution in [1.82, 2.24) is 9.78 Å². The Labute approximate surface area is 123 Å². The topological polar surface area (TPSA) is 29.9 Å². The standard InChI is InChI=1S/C14H18ClN3S/c1-19-10-3-2-7-16-13-11-12(15)5-6-14(13)18-9-4-8-17-18/h4-6,8-9,11,16H,2-3,7,10H2,1H3. The van der Waals surface area contributed by atoms with E-state index in [4.69, 9.17) is 11.6 Å². The molecule has 0 amide bonds. The number of unbranched alkanes of at least 4 members (excludes halogenated alkanes) is 1. The number of halogens is 1. The Kier molecular flexibility index (Phi) is 5.61. The maximum atomic E-state index is 6.07. The lowest BCUT2D eigenvalue weighted by atomic mass is 10.2. The van der Waals surface area contributed by atoms with Gasteiger partial charge in [0.15, 0.2) is 0 Å². The van der Waals surface area contributed by atoms with Crippen LogP contribution in [0.3, 0.4) is 0 Å². The summed E-state index contributed by atoms with van der Waals surface area (Å²) in [5.74, 6) is 1.21. The number of rotatable bonds is 7. The van der Waals surface area contributed by atoms with E-state index in [1.54, 1.807) is 6.20 Å². The van der Waals surface area contributed by atoms with E-state index in [9.17, 15) is 0 Å². The highest BCUT2D eigenvalue weighted by molar-refractivity contribution is 7.98. The van der Waals surface area contributed by atoms with Crippen molar-refractivity contribution in [3.63, 3.8) is 0 Å². The minimum atomic E-state index is 0.738. The molecule has 0 spiro atoms. The first-order valence-electron chi connectivity index (χ1n) is 6.33. The molecule has 1 aromatic carbocycles. The van der Waals surface area contributed by atoms with E-state index in [1.807, 2.05) is 46.9 Å². The fraction of sp³-hybridized carbons (Fsp3) is 0.357. The Balaban J connectivity index is 2.04. The van der Waals surface area contributed by atoms with Crippen LogP contribution in [0.1, 0.15) is 12.8 Å². The highest BCUT2D eigenvalue weighted by Gasteiger charge is 2.05. The van der Waals surface area contributed by atoms with Gasteiger partial charge in [0.05, 0.1) is 11.4 Å². The molecule has 5 heteroatoms. The zero-order valence-electron chi connectivity index (χ0n) is 11.0. The second-order valence-electron chi connectivity index (χ2n) is 4.24. The third-order valence-corrected chi connectivity index (χ3v) is 3.73. The average Bonchev–Trinajstić information content (AvgIpc) is 2.92. The number of nitrogens with zero attached hydrogens (tertiary/aromatic N) is 2. The molecule has 102 valence electrons. The fourth-order valence-corrected chi connectivity index (χ4v) is 2.52. The van der Waals surface area contributed by atoms with Gasteiger partial charge in [0.1, 0.15) is 0 Å². The molecule has 0 aliphatic rings. The molecule has 0 aliphatic heterocycles. The van der Waals surface area contributed by atoms with Crippen LogP contribution in [-0.4, -0.2) is 28.3 Å². The van der Waals surface area contributed by atoms with E-state index in [0.717, 1.165) is 29.4 Å². The average molecular weight is 296 g/mol. The quantitative estimate of drug-likeness (QED) is 0.781. The first-order valence-corrected chi connectivity index (χ1v) is 8.11. The fourth-order valence-electron chi connectivity index (χ4n) is 1.86. The van der Waals surface area contributed by atoms with Gasteiger partial charge < -0.3 is 5.32 Å². The minimum absolute atomic E-state index is 0.738. The lowest BCUT2D eigenvalue weighted by molar-refractivity contribution is 0.836. The molecule has 2 rings (SSSR count). The maximum Gasteiger partial charge on any atom is 0.0877 e. The molecule has 2 aromatic rings. The van der Waals surface area contributed by atoms with Crippen LogP contribution in [0.15, 0.2) is 36.7 Å². The zero-order chi connectivity index (χ0) is 13.5. The van der Waals surface area contributed by atoms with Gasteiger partial charge in [0.25, 0.3) is 0 Å². The van der Waals surface area contributed by atoms with Crippen molar-refractivity contribution in [2.45, 2.75) is 12.8 Å². The molecule has 1 aromatic heterocycles. The highest BCUT2D eigenvalue weighted by atomic mass is 35.5. The molecule has 0 fully saturated rings. The van der Waals surface area contributed by atoms with E-state index in [-0.39, 0.29) is 0 Å². The minimum Gasteiger partial charge on any atom is -0.383 e. The molecule has 19 heavy (non-hydrogen) atoms.